The van der Waals surface area contributed by atoms with Gasteiger partial charge in [0.05, 0.1) is 6.07 Å². The van der Waals surface area contributed by atoms with Crippen molar-refractivity contribution in [2.24, 2.45) is 5.92 Å². The first kappa shape index (κ1) is 12.7. The molecule has 0 aliphatic heterocycles. The van der Waals surface area contributed by atoms with E-state index >= 15 is 0 Å². The molecule has 1 aromatic carbocycles. The van der Waals surface area contributed by atoms with Gasteiger partial charge in [0, 0.05) is 6.04 Å². The summed E-state index contributed by atoms with van der Waals surface area (Å²) < 4.78 is 0. The lowest BCUT2D eigenvalue weighted by atomic mass is 10.00. The van der Waals surface area contributed by atoms with E-state index < -0.39 is 0 Å². The Morgan fingerprint density at radius 2 is 1.69 bits per heavy atom. The van der Waals surface area contributed by atoms with Crippen molar-refractivity contribution in [2.45, 2.75) is 32.9 Å². The third-order valence-electron chi connectivity index (χ3n) is 3.10. The molecule has 0 spiro atoms. The molecule has 0 bridgehead atoms. The van der Waals surface area contributed by atoms with E-state index in [0.29, 0.717) is 5.92 Å². The molecule has 2 unspecified atom stereocenters. The first-order valence-corrected chi connectivity index (χ1v) is 5.74. The fraction of sp³-hybridized carbons (Fsp3) is 0.500. The number of rotatable bonds is 4. The number of hydrogen-bond donors (Lipinski definition) is 0. The van der Waals surface area contributed by atoms with Gasteiger partial charge >= 0.3 is 0 Å². The van der Waals surface area contributed by atoms with Crippen LogP contribution in [0.15, 0.2) is 30.3 Å². The van der Waals surface area contributed by atoms with Crippen molar-refractivity contribution in [1.82, 2.24) is 4.90 Å². The normalized spacial score (nSPS) is 14.8. The van der Waals surface area contributed by atoms with Crippen molar-refractivity contribution in [1.29, 1.82) is 5.26 Å². The molecule has 1 aromatic rings. The number of hydrogen-bond acceptors (Lipinski definition) is 2. The van der Waals surface area contributed by atoms with E-state index in [1.807, 2.05) is 25.2 Å². The van der Waals surface area contributed by atoms with Crippen LogP contribution in [0.4, 0.5) is 0 Å². The second kappa shape index (κ2) is 5.67. The van der Waals surface area contributed by atoms with Crippen LogP contribution < -0.4 is 0 Å². The lowest BCUT2D eigenvalue weighted by molar-refractivity contribution is 0.184. The van der Waals surface area contributed by atoms with Gasteiger partial charge in [-0.3, -0.25) is 4.90 Å². The average molecular weight is 216 g/mol. The van der Waals surface area contributed by atoms with Crippen molar-refractivity contribution in [2.75, 3.05) is 7.05 Å². The minimum atomic E-state index is -0.0322. The summed E-state index contributed by atoms with van der Waals surface area (Å²) in [6.07, 6.45) is 0. The van der Waals surface area contributed by atoms with E-state index in [-0.39, 0.29) is 12.1 Å². The molecule has 0 saturated heterocycles. The molecule has 16 heavy (non-hydrogen) atoms. The van der Waals surface area contributed by atoms with Gasteiger partial charge in [-0.25, -0.2) is 0 Å². The van der Waals surface area contributed by atoms with Crippen LogP contribution in [0.1, 0.15) is 32.4 Å². The Labute approximate surface area is 98.5 Å². The molecule has 1 rings (SSSR count). The summed E-state index contributed by atoms with van der Waals surface area (Å²) in [5, 5.41) is 9.17. The lowest BCUT2D eigenvalue weighted by Crippen LogP contribution is -2.36. The third-order valence-corrected chi connectivity index (χ3v) is 3.10. The predicted octanol–water partition coefficient (Wildman–Crippen LogP) is 3.23. The quantitative estimate of drug-likeness (QED) is 0.772. The Hall–Kier alpha value is -1.33. The first-order valence-electron chi connectivity index (χ1n) is 5.74. The van der Waals surface area contributed by atoms with Crippen molar-refractivity contribution >= 4 is 0 Å². The summed E-state index contributed by atoms with van der Waals surface area (Å²) in [6.45, 7) is 6.31. The number of benzene rings is 1. The van der Waals surface area contributed by atoms with E-state index in [1.54, 1.807) is 0 Å². The highest BCUT2D eigenvalue weighted by Gasteiger charge is 2.22. The Morgan fingerprint density at radius 3 is 2.12 bits per heavy atom. The number of nitrogens with zero attached hydrogens (tertiary/aromatic N) is 2. The molecule has 86 valence electrons. The topological polar surface area (TPSA) is 27.0 Å². The maximum absolute atomic E-state index is 9.17. The zero-order valence-electron chi connectivity index (χ0n) is 10.5. The highest BCUT2D eigenvalue weighted by Crippen LogP contribution is 2.22. The molecule has 0 N–H and O–H groups in total. The summed E-state index contributed by atoms with van der Waals surface area (Å²) in [6, 6.07) is 12.9. The van der Waals surface area contributed by atoms with E-state index in [0.717, 1.165) is 0 Å². The maximum Gasteiger partial charge on any atom is 0.100 e. The van der Waals surface area contributed by atoms with Crippen LogP contribution in [0.5, 0.6) is 0 Å². The molecule has 0 heterocycles. The van der Waals surface area contributed by atoms with Gasteiger partial charge in [0.25, 0.3) is 0 Å². The van der Waals surface area contributed by atoms with E-state index in [4.69, 9.17) is 0 Å². The van der Waals surface area contributed by atoms with Gasteiger partial charge in [-0.15, -0.1) is 0 Å². The van der Waals surface area contributed by atoms with Gasteiger partial charge in [-0.2, -0.15) is 5.26 Å². The molecule has 0 aliphatic carbocycles. The maximum atomic E-state index is 9.17. The van der Waals surface area contributed by atoms with Crippen molar-refractivity contribution in [3.8, 4) is 6.07 Å². The molecule has 0 aromatic heterocycles. The molecular formula is C14H20N2. The standard InChI is InChI=1S/C14H20N2/c1-11(2)14(10-15)16(4)12(3)13-8-6-5-7-9-13/h5-9,11-12,14H,1-4H3. The molecule has 2 atom stereocenters. The first-order chi connectivity index (χ1) is 7.57. The molecule has 0 radical (unpaired) electrons. The highest BCUT2D eigenvalue weighted by molar-refractivity contribution is 5.19. The van der Waals surface area contributed by atoms with Crippen LogP contribution in [0.3, 0.4) is 0 Å². The Bertz CT molecular complexity index is 351. The zero-order chi connectivity index (χ0) is 12.1. The lowest BCUT2D eigenvalue weighted by Gasteiger charge is -2.31. The van der Waals surface area contributed by atoms with Gasteiger partial charge < -0.3 is 0 Å². The zero-order valence-corrected chi connectivity index (χ0v) is 10.5. The van der Waals surface area contributed by atoms with Gasteiger partial charge in [0.1, 0.15) is 6.04 Å². The molecule has 0 saturated carbocycles. The summed E-state index contributed by atoms with van der Waals surface area (Å²) in [4.78, 5) is 2.14. The van der Waals surface area contributed by atoms with Crippen LogP contribution >= 0.6 is 0 Å². The van der Waals surface area contributed by atoms with Crippen molar-refractivity contribution in [3.05, 3.63) is 35.9 Å². The Balaban J connectivity index is 2.82. The second-order valence-electron chi connectivity index (χ2n) is 4.57. The monoisotopic (exact) mass is 216 g/mol. The van der Waals surface area contributed by atoms with Crippen LogP contribution in [-0.4, -0.2) is 18.0 Å². The van der Waals surface area contributed by atoms with Gasteiger partial charge in [-0.1, -0.05) is 44.2 Å². The van der Waals surface area contributed by atoms with Gasteiger partial charge in [-0.05, 0) is 25.5 Å². The predicted molar refractivity (Wildman–Crippen MR) is 66.9 cm³/mol. The van der Waals surface area contributed by atoms with Crippen LogP contribution in [0.2, 0.25) is 0 Å². The smallest absolute Gasteiger partial charge is 0.100 e. The molecular weight excluding hydrogens is 196 g/mol. The molecule has 0 amide bonds. The minimum Gasteiger partial charge on any atom is -0.284 e. The van der Waals surface area contributed by atoms with Gasteiger partial charge in [0.2, 0.25) is 0 Å². The molecule has 2 heteroatoms. The van der Waals surface area contributed by atoms with Crippen LogP contribution in [-0.2, 0) is 0 Å². The number of nitriles is 1. The SMILES string of the molecule is CC(C)C(C#N)N(C)C(C)c1ccccc1. The van der Waals surface area contributed by atoms with E-state index in [2.05, 4.69) is 43.9 Å². The Morgan fingerprint density at radius 1 is 1.12 bits per heavy atom. The molecule has 0 fully saturated rings. The van der Waals surface area contributed by atoms with Crippen LogP contribution in [0, 0.1) is 17.2 Å². The Kier molecular flexibility index (Phi) is 4.52. The van der Waals surface area contributed by atoms with E-state index in [9.17, 15) is 5.26 Å². The largest absolute Gasteiger partial charge is 0.284 e. The summed E-state index contributed by atoms with van der Waals surface area (Å²) in [7, 11) is 2.02. The summed E-state index contributed by atoms with van der Waals surface area (Å²) in [5.74, 6) is 0.348. The van der Waals surface area contributed by atoms with Crippen LogP contribution in [0.25, 0.3) is 0 Å². The second-order valence-corrected chi connectivity index (χ2v) is 4.57. The fourth-order valence-corrected chi connectivity index (χ4v) is 1.92. The summed E-state index contributed by atoms with van der Waals surface area (Å²) >= 11 is 0. The molecule has 0 aliphatic rings. The third kappa shape index (κ3) is 2.84. The van der Waals surface area contributed by atoms with E-state index in [1.165, 1.54) is 5.56 Å². The van der Waals surface area contributed by atoms with Crippen molar-refractivity contribution < 1.29 is 0 Å². The highest BCUT2D eigenvalue weighted by atomic mass is 15.2. The average Bonchev–Trinajstić information content (AvgIpc) is 2.29. The minimum absolute atomic E-state index is 0.0322. The molecule has 2 nitrogen and oxygen atoms in total. The van der Waals surface area contributed by atoms with Crippen molar-refractivity contribution in [3.63, 3.8) is 0 Å². The fourth-order valence-electron chi connectivity index (χ4n) is 1.92. The van der Waals surface area contributed by atoms with Gasteiger partial charge in [0.15, 0.2) is 0 Å². The summed E-state index contributed by atoms with van der Waals surface area (Å²) in [5.41, 5.74) is 1.26.